The van der Waals surface area contributed by atoms with Crippen molar-refractivity contribution < 1.29 is 23.8 Å². The molecule has 4 rings (SSSR count). The lowest BCUT2D eigenvalue weighted by atomic mass is 9.78. The van der Waals surface area contributed by atoms with E-state index in [1.54, 1.807) is 21.3 Å². The molecule has 188 valence electrons. The van der Waals surface area contributed by atoms with Gasteiger partial charge in [0.15, 0.2) is 11.5 Å². The van der Waals surface area contributed by atoms with Crippen LogP contribution in [0.15, 0.2) is 36.4 Å². The molecule has 7 heteroatoms. The van der Waals surface area contributed by atoms with Crippen molar-refractivity contribution in [2.45, 2.75) is 45.1 Å². The predicted octanol–water partition coefficient (Wildman–Crippen LogP) is 4.66. The van der Waals surface area contributed by atoms with E-state index in [1.807, 2.05) is 53.1 Å². The van der Waals surface area contributed by atoms with Gasteiger partial charge in [0, 0.05) is 25.2 Å². The Labute approximate surface area is 207 Å². The highest BCUT2D eigenvalue weighted by Crippen LogP contribution is 2.48. The van der Waals surface area contributed by atoms with E-state index >= 15 is 0 Å². The number of fused-ring (bicyclic) bond motifs is 1. The molecule has 2 unspecified atom stereocenters. The summed E-state index contributed by atoms with van der Waals surface area (Å²) in [4.78, 5) is 31.7. The lowest BCUT2D eigenvalue weighted by Gasteiger charge is -2.44. The number of rotatable bonds is 7. The Morgan fingerprint density at radius 3 is 2.20 bits per heavy atom. The Morgan fingerprint density at radius 1 is 1.00 bits per heavy atom. The zero-order chi connectivity index (χ0) is 25.1. The molecule has 2 heterocycles. The lowest BCUT2D eigenvalue weighted by Crippen LogP contribution is -2.49. The van der Waals surface area contributed by atoms with Crippen LogP contribution in [0.1, 0.15) is 66.6 Å². The van der Waals surface area contributed by atoms with Crippen LogP contribution in [0.2, 0.25) is 0 Å². The van der Waals surface area contributed by atoms with Crippen molar-refractivity contribution in [3.8, 4) is 17.2 Å². The number of methoxy groups -OCH3 is 3. The molecule has 0 aliphatic carbocycles. The molecule has 0 radical (unpaired) electrons. The van der Waals surface area contributed by atoms with E-state index in [4.69, 9.17) is 14.2 Å². The maximum Gasteiger partial charge on any atom is 0.254 e. The number of amides is 2. The van der Waals surface area contributed by atoms with Crippen molar-refractivity contribution in [1.29, 1.82) is 0 Å². The smallest absolute Gasteiger partial charge is 0.254 e. The molecule has 2 aliphatic rings. The standard InChI is InChI=1S/C28H36N2O5/c1-6-13-30-25(19-16-22(33-3)26(35-5)23(17-19)34-4)24(20-9-7-8-10-21(20)27(30)31)28(32)29-14-11-18(2)12-15-29/h7-10,16-18,24-25H,6,11-15H2,1-5H3. The van der Waals surface area contributed by atoms with Gasteiger partial charge >= 0.3 is 0 Å². The number of likely N-dealkylation sites (tertiary alicyclic amines) is 1. The maximum atomic E-state index is 14.2. The molecule has 0 spiro atoms. The lowest BCUT2D eigenvalue weighted by molar-refractivity contribution is -0.136. The van der Waals surface area contributed by atoms with Gasteiger partial charge in [-0.05, 0) is 54.5 Å². The average molecular weight is 481 g/mol. The summed E-state index contributed by atoms with van der Waals surface area (Å²) in [5, 5.41) is 0. The van der Waals surface area contributed by atoms with Crippen LogP contribution in [0.25, 0.3) is 0 Å². The molecule has 0 bridgehead atoms. The van der Waals surface area contributed by atoms with Gasteiger partial charge in [-0.25, -0.2) is 0 Å². The first-order chi connectivity index (χ1) is 16.9. The second kappa shape index (κ2) is 10.6. The van der Waals surface area contributed by atoms with Gasteiger partial charge in [-0.2, -0.15) is 0 Å². The number of hydrogen-bond donors (Lipinski definition) is 0. The van der Waals surface area contributed by atoms with E-state index in [2.05, 4.69) is 6.92 Å². The van der Waals surface area contributed by atoms with Gasteiger partial charge in [0.2, 0.25) is 11.7 Å². The number of carbonyl (C=O) groups is 2. The number of hydrogen-bond acceptors (Lipinski definition) is 5. The molecular formula is C28H36N2O5. The van der Waals surface area contributed by atoms with Gasteiger partial charge in [0.25, 0.3) is 5.91 Å². The highest BCUT2D eigenvalue weighted by molar-refractivity contribution is 6.01. The van der Waals surface area contributed by atoms with E-state index in [9.17, 15) is 9.59 Å². The van der Waals surface area contributed by atoms with E-state index < -0.39 is 12.0 Å². The van der Waals surface area contributed by atoms with Crippen molar-refractivity contribution in [2.24, 2.45) is 5.92 Å². The Balaban J connectivity index is 1.90. The third kappa shape index (κ3) is 4.56. The van der Waals surface area contributed by atoms with Crippen LogP contribution in [0.5, 0.6) is 17.2 Å². The van der Waals surface area contributed by atoms with E-state index in [-0.39, 0.29) is 11.8 Å². The van der Waals surface area contributed by atoms with Crippen LogP contribution >= 0.6 is 0 Å². The maximum absolute atomic E-state index is 14.2. The number of piperidine rings is 1. The van der Waals surface area contributed by atoms with Gasteiger partial charge in [-0.15, -0.1) is 0 Å². The minimum atomic E-state index is -0.522. The molecule has 2 aliphatic heterocycles. The molecule has 7 nitrogen and oxygen atoms in total. The summed E-state index contributed by atoms with van der Waals surface area (Å²) in [6, 6.07) is 10.8. The summed E-state index contributed by atoms with van der Waals surface area (Å²) >= 11 is 0. The van der Waals surface area contributed by atoms with Crippen LogP contribution in [0, 0.1) is 5.92 Å². The quantitative estimate of drug-likeness (QED) is 0.577. The second-order valence-corrected chi connectivity index (χ2v) is 9.47. The molecule has 1 saturated heterocycles. The molecule has 2 aromatic rings. The van der Waals surface area contributed by atoms with Crippen LogP contribution in [-0.2, 0) is 4.79 Å². The molecular weight excluding hydrogens is 444 g/mol. The number of carbonyl (C=O) groups excluding carboxylic acids is 2. The highest BCUT2D eigenvalue weighted by atomic mass is 16.5. The fraction of sp³-hybridized carbons (Fsp3) is 0.500. The molecule has 2 atom stereocenters. The summed E-state index contributed by atoms with van der Waals surface area (Å²) in [6.45, 7) is 6.29. The molecule has 2 aromatic carbocycles. The van der Waals surface area contributed by atoms with E-state index in [0.717, 1.165) is 43.5 Å². The number of benzene rings is 2. The minimum Gasteiger partial charge on any atom is -0.493 e. The van der Waals surface area contributed by atoms with Crippen LogP contribution in [0.4, 0.5) is 0 Å². The van der Waals surface area contributed by atoms with Crippen molar-refractivity contribution >= 4 is 11.8 Å². The van der Waals surface area contributed by atoms with Crippen molar-refractivity contribution in [1.82, 2.24) is 9.80 Å². The topological polar surface area (TPSA) is 68.3 Å². The molecule has 0 saturated carbocycles. The van der Waals surface area contributed by atoms with E-state index in [1.165, 1.54) is 0 Å². The first kappa shape index (κ1) is 24.9. The van der Waals surface area contributed by atoms with Crippen molar-refractivity contribution in [3.05, 3.63) is 53.1 Å². The Hall–Kier alpha value is -3.22. The normalized spacial score (nSPS) is 20.4. The summed E-state index contributed by atoms with van der Waals surface area (Å²) < 4.78 is 16.8. The summed E-state index contributed by atoms with van der Waals surface area (Å²) in [5.74, 6) is 1.59. The molecule has 0 aromatic heterocycles. The third-order valence-electron chi connectivity index (χ3n) is 7.29. The van der Waals surface area contributed by atoms with Gasteiger partial charge in [-0.1, -0.05) is 32.0 Å². The summed E-state index contributed by atoms with van der Waals surface area (Å²) in [5.41, 5.74) is 2.18. The monoisotopic (exact) mass is 480 g/mol. The average Bonchev–Trinajstić information content (AvgIpc) is 2.89. The van der Waals surface area contributed by atoms with Crippen molar-refractivity contribution in [2.75, 3.05) is 41.0 Å². The summed E-state index contributed by atoms with van der Waals surface area (Å²) in [6.07, 6.45) is 2.76. The number of ether oxygens (including phenoxy) is 3. The largest absolute Gasteiger partial charge is 0.493 e. The molecule has 1 fully saturated rings. The van der Waals surface area contributed by atoms with Gasteiger partial charge in [0.05, 0.1) is 33.3 Å². The van der Waals surface area contributed by atoms with Gasteiger partial charge in [-0.3, -0.25) is 9.59 Å². The fourth-order valence-electron chi connectivity index (χ4n) is 5.41. The first-order valence-electron chi connectivity index (χ1n) is 12.4. The first-order valence-corrected chi connectivity index (χ1v) is 12.4. The minimum absolute atomic E-state index is 0.0579. The predicted molar refractivity (Wildman–Crippen MR) is 134 cm³/mol. The van der Waals surface area contributed by atoms with Crippen LogP contribution in [0.3, 0.4) is 0 Å². The zero-order valence-electron chi connectivity index (χ0n) is 21.4. The zero-order valence-corrected chi connectivity index (χ0v) is 21.4. The molecule has 0 N–H and O–H groups in total. The fourth-order valence-corrected chi connectivity index (χ4v) is 5.41. The summed E-state index contributed by atoms with van der Waals surface area (Å²) in [7, 11) is 4.71. The van der Waals surface area contributed by atoms with Crippen molar-refractivity contribution in [3.63, 3.8) is 0 Å². The Kier molecular flexibility index (Phi) is 7.53. The highest BCUT2D eigenvalue weighted by Gasteiger charge is 2.46. The Morgan fingerprint density at radius 2 is 1.63 bits per heavy atom. The third-order valence-corrected chi connectivity index (χ3v) is 7.29. The molecule has 35 heavy (non-hydrogen) atoms. The van der Waals surface area contributed by atoms with Gasteiger partial charge in [0.1, 0.15) is 0 Å². The van der Waals surface area contributed by atoms with E-state index in [0.29, 0.717) is 35.3 Å². The molecule has 2 amide bonds. The van der Waals surface area contributed by atoms with Crippen LogP contribution < -0.4 is 14.2 Å². The number of nitrogens with zero attached hydrogens (tertiary/aromatic N) is 2. The SMILES string of the molecule is CCCN1C(=O)c2ccccc2C(C(=O)N2CCC(C)CC2)C1c1cc(OC)c(OC)c(OC)c1. The van der Waals surface area contributed by atoms with Crippen LogP contribution in [-0.4, -0.2) is 62.6 Å². The second-order valence-electron chi connectivity index (χ2n) is 9.47. The van der Waals surface area contributed by atoms with Gasteiger partial charge < -0.3 is 24.0 Å². The Bertz CT molecular complexity index is 1050.